The minimum absolute atomic E-state index is 0.206. The van der Waals surface area contributed by atoms with E-state index in [0.717, 1.165) is 51.2 Å². The number of rotatable bonds is 10. The highest BCUT2D eigenvalue weighted by molar-refractivity contribution is 5.79. The van der Waals surface area contributed by atoms with Gasteiger partial charge in [-0.05, 0) is 45.1 Å². The second-order valence-corrected chi connectivity index (χ2v) is 6.76. The van der Waals surface area contributed by atoms with Gasteiger partial charge in [0.2, 0.25) is 0 Å². The van der Waals surface area contributed by atoms with Crippen LogP contribution in [0.4, 0.5) is 13.2 Å². The molecule has 0 radical (unpaired) electrons. The number of hydrogen-bond donors (Lipinski definition) is 1. The van der Waals surface area contributed by atoms with Gasteiger partial charge in [-0.3, -0.25) is 9.89 Å². The first-order valence-electron chi connectivity index (χ1n) is 9.25. The van der Waals surface area contributed by atoms with Gasteiger partial charge in [0.05, 0.1) is 6.54 Å². The maximum Gasteiger partial charge on any atom is 0.401 e. The van der Waals surface area contributed by atoms with E-state index in [1.54, 1.807) is 0 Å². The van der Waals surface area contributed by atoms with Gasteiger partial charge in [0.1, 0.15) is 0 Å². The second-order valence-electron chi connectivity index (χ2n) is 6.76. The first-order chi connectivity index (χ1) is 11.9. The van der Waals surface area contributed by atoms with Crippen molar-refractivity contribution in [2.75, 3.05) is 46.3 Å². The van der Waals surface area contributed by atoms with Crippen molar-refractivity contribution >= 4 is 5.96 Å². The van der Waals surface area contributed by atoms with Crippen molar-refractivity contribution in [2.45, 2.75) is 45.2 Å². The third kappa shape index (κ3) is 9.72. The minimum atomic E-state index is -4.11. The summed E-state index contributed by atoms with van der Waals surface area (Å²) in [6.45, 7) is 8.22. The Bertz CT molecular complexity index is 410. The number of guanidine groups is 1. The molecule has 1 N–H and O–H groups in total. The van der Waals surface area contributed by atoms with Crippen molar-refractivity contribution in [3.63, 3.8) is 0 Å². The fourth-order valence-corrected chi connectivity index (χ4v) is 3.06. The molecule has 0 amide bonds. The Balaban J connectivity index is 2.40. The van der Waals surface area contributed by atoms with Crippen LogP contribution in [0.25, 0.3) is 0 Å². The molecular formula is C18H33F3N4. The Morgan fingerprint density at radius 1 is 1.36 bits per heavy atom. The maximum atomic E-state index is 12.5. The molecule has 1 saturated heterocycles. The summed E-state index contributed by atoms with van der Waals surface area (Å²) < 4.78 is 37.4. The molecule has 1 fully saturated rings. The zero-order chi connectivity index (χ0) is 18.7. The van der Waals surface area contributed by atoms with Crippen LogP contribution in [0, 0.1) is 5.92 Å². The second kappa shape index (κ2) is 11.4. The van der Waals surface area contributed by atoms with Crippen LogP contribution in [0.2, 0.25) is 0 Å². The first kappa shape index (κ1) is 21.8. The molecule has 1 atom stereocenters. The predicted octanol–water partition coefficient (Wildman–Crippen LogP) is 3.51. The Morgan fingerprint density at radius 3 is 2.76 bits per heavy atom. The van der Waals surface area contributed by atoms with Gasteiger partial charge in [-0.25, -0.2) is 0 Å². The van der Waals surface area contributed by atoms with E-state index in [1.165, 1.54) is 4.90 Å². The van der Waals surface area contributed by atoms with Crippen molar-refractivity contribution < 1.29 is 13.2 Å². The lowest BCUT2D eigenvalue weighted by Gasteiger charge is -2.22. The molecule has 4 nitrogen and oxygen atoms in total. The van der Waals surface area contributed by atoms with Gasteiger partial charge in [-0.1, -0.05) is 12.5 Å². The van der Waals surface area contributed by atoms with E-state index in [4.69, 9.17) is 0 Å². The molecule has 7 heteroatoms. The van der Waals surface area contributed by atoms with Gasteiger partial charge in [-0.15, -0.1) is 6.58 Å². The predicted molar refractivity (Wildman–Crippen MR) is 97.9 cm³/mol. The highest BCUT2D eigenvalue weighted by Crippen LogP contribution is 2.22. The normalized spacial score (nSPS) is 19.2. The first-order valence-corrected chi connectivity index (χ1v) is 9.25. The SMILES string of the molecule is C=CCCCCCN(C)C(=NCC1CCN(CC(F)(F)F)C1)NCC. The van der Waals surface area contributed by atoms with Crippen molar-refractivity contribution in [2.24, 2.45) is 10.9 Å². The summed E-state index contributed by atoms with van der Waals surface area (Å²) in [5.41, 5.74) is 0. The van der Waals surface area contributed by atoms with Crippen molar-refractivity contribution in [3.05, 3.63) is 12.7 Å². The minimum Gasteiger partial charge on any atom is -0.357 e. The fourth-order valence-electron chi connectivity index (χ4n) is 3.06. The van der Waals surface area contributed by atoms with Crippen LogP contribution in [-0.4, -0.2) is 68.3 Å². The average molecular weight is 362 g/mol. The molecule has 0 aromatic heterocycles. The topological polar surface area (TPSA) is 30.9 Å². The zero-order valence-corrected chi connectivity index (χ0v) is 15.6. The number of allylic oxidation sites excluding steroid dienone is 1. The number of unbranched alkanes of at least 4 members (excludes halogenated alkanes) is 3. The zero-order valence-electron chi connectivity index (χ0n) is 15.6. The molecule has 25 heavy (non-hydrogen) atoms. The van der Waals surface area contributed by atoms with Crippen LogP contribution in [0.3, 0.4) is 0 Å². The highest BCUT2D eigenvalue weighted by Gasteiger charge is 2.34. The van der Waals surface area contributed by atoms with Gasteiger partial charge in [-0.2, -0.15) is 13.2 Å². The number of aliphatic imine (C=N–C) groups is 1. The van der Waals surface area contributed by atoms with Gasteiger partial charge in [0.25, 0.3) is 0 Å². The van der Waals surface area contributed by atoms with Crippen LogP contribution in [0.1, 0.15) is 39.0 Å². The Labute approximate surface area is 150 Å². The van der Waals surface area contributed by atoms with E-state index in [2.05, 4.69) is 21.8 Å². The number of nitrogens with one attached hydrogen (secondary N) is 1. The molecule has 0 saturated carbocycles. The van der Waals surface area contributed by atoms with Gasteiger partial charge < -0.3 is 10.2 Å². The van der Waals surface area contributed by atoms with Crippen LogP contribution in [0.5, 0.6) is 0 Å². The molecule has 1 unspecified atom stereocenters. The fraction of sp³-hybridized carbons (Fsp3) is 0.833. The van der Waals surface area contributed by atoms with Crippen LogP contribution in [0.15, 0.2) is 17.6 Å². The third-order valence-corrected chi connectivity index (χ3v) is 4.37. The molecule has 0 aromatic rings. The molecule has 146 valence electrons. The summed E-state index contributed by atoms with van der Waals surface area (Å²) in [5.74, 6) is 1.05. The average Bonchev–Trinajstić information content (AvgIpc) is 2.96. The molecular weight excluding hydrogens is 329 g/mol. The summed E-state index contributed by atoms with van der Waals surface area (Å²) in [6.07, 6.45) is 3.07. The maximum absolute atomic E-state index is 12.5. The van der Waals surface area contributed by atoms with Gasteiger partial charge in [0, 0.05) is 33.2 Å². The number of hydrogen-bond acceptors (Lipinski definition) is 2. The lowest BCUT2D eigenvalue weighted by atomic mass is 10.1. The van der Waals surface area contributed by atoms with E-state index < -0.39 is 12.7 Å². The van der Waals surface area contributed by atoms with Crippen LogP contribution in [-0.2, 0) is 0 Å². The third-order valence-electron chi connectivity index (χ3n) is 4.37. The number of alkyl halides is 3. The van der Waals surface area contributed by atoms with Crippen molar-refractivity contribution in [3.8, 4) is 0 Å². The summed E-state index contributed by atoms with van der Waals surface area (Å²) in [4.78, 5) is 8.24. The number of nitrogens with zero attached hydrogens (tertiary/aromatic N) is 3. The van der Waals surface area contributed by atoms with Gasteiger partial charge >= 0.3 is 6.18 Å². The lowest BCUT2D eigenvalue weighted by Crippen LogP contribution is -2.40. The standard InChI is InChI=1S/C18H33F3N4/c1-4-6-7-8-9-11-24(3)17(22-5-2)23-13-16-10-12-25(14-16)15-18(19,20)21/h4,16H,1,5-15H2,2-3H3,(H,22,23). The monoisotopic (exact) mass is 362 g/mol. The molecule has 0 aromatic carbocycles. The molecule has 0 bridgehead atoms. The number of likely N-dealkylation sites (tertiary alicyclic amines) is 1. The molecule has 1 aliphatic heterocycles. The summed E-state index contributed by atoms with van der Waals surface area (Å²) in [7, 11) is 2.01. The van der Waals surface area contributed by atoms with E-state index in [9.17, 15) is 13.2 Å². The molecule has 0 aliphatic carbocycles. The largest absolute Gasteiger partial charge is 0.401 e. The van der Waals surface area contributed by atoms with E-state index >= 15 is 0 Å². The Morgan fingerprint density at radius 2 is 2.12 bits per heavy atom. The van der Waals surface area contributed by atoms with Crippen molar-refractivity contribution in [1.29, 1.82) is 0 Å². The Hall–Kier alpha value is -1.24. The van der Waals surface area contributed by atoms with Crippen molar-refractivity contribution in [1.82, 2.24) is 15.1 Å². The van der Waals surface area contributed by atoms with Gasteiger partial charge in [0.15, 0.2) is 5.96 Å². The Kier molecular flexibility index (Phi) is 9.93. The van der Waals surface area contributed by atoms with Crippen LogP contribution >= 0.6 is 0 Å². The van der Waals surface area contributed by atoms with E-state index in [1.807, 2.05) is 20.0 Å². The summed E-state index contributed by atoms with van der Waals surface area (Å²) in [6, 6.07) is 0. The van der Waals surface area contributed by atoms with E-state index in [-0.39, 0.29) is 5.92 Å². The molecule has 1 rings (SSSR count). The van der Waals surface area contributed by atoms with Crippen LogP contribution < -0.4 is 5.32 Å². The quantitative estimate of drug-likeness (QED) is 0.279. The highest BCUT2D eigenvalue weighted by atomic mass is 19.4. The lowest BCUT2D eigenvalue weighted by molar-refractivity contribution is -0.143. The summed E-state index contributed by atoms with van der Waals surface area (Å²) in [5, 5.41) is 3.27. The van der Waals surface area contributed by atoms with E-state index in [0.29, 0.717) is 19.6 Å². The number of halogens is 3. The summed E-state index contributed by atoms with van der Waals surface area (Å²) >= 11 is 0. The molecule has 1 aliphatic rings. The molecule has 0 spiro atoms. The molecule has 1 heterocycles. The smallest absolute Gasteiger partial charge is 0.357 e.